The van der Waals surface area contributed by atoms with Gasteiger partial charge in [0.25, 0.3) is 0 Å². The van der Waals surface area contributed by atoms with Crippen LogP contribution < -0.4 is 11.1 Å². The van der Waals surface area contributed by atoms with E-state index in [1.807, 2.05) is 0 Å². The number of nitrogens with two attached hydrogens (primary N) is 1. The molecule has 28 heavy (non-hydrogen) atoms. The summed E-state index contributed by atoms with van der Waals surface area (Å²) >= 11 is 0. The average Bonchev–Trinajstić information content (AvgIpc) is 2.60. The number of alkyl halides is 3. The zero-order valence-corrected chi connectivity index (χ0v) is 15.1. The zero-order chi connectivity index (χ0) is 21.1. The molecular formula is C18H19F3N2O5. The highest BCUT2D eigenvalue weighted by Crippen LogP contribution is 2.43. The van der Waals surface area contributed by atoms with Gasteiger partial charge in [-0.1, -0.05) is 18.2 Å². The summed E-state index contributed by atoms with van der Waals surface area (Å²) in [5.41, 5.74) is 3.75. The number of nitrogens with one attached hydrogen (secondary N) is 1. The van der Waals surface area contributed by atoms with E-state index in [1.54, 1.807) is 0 Å². The van der Waals surface area contributed by atoms with Gasteiger partial charge in [0.1, 0.15) is 11.7 Å². The van der Waals surface area contributed by atoms with Crippen LogP contribution in [0.25, 0.3) is 0 Å². The lowest BCUT2D eigenvalue weighted by molar-refractivity contribution is -0.154. The van der Waals surface area contributed by atoms with Gasteiger partial charge in [-0.25, -0.2) is 4.79 Å². The van der Waals surface area contributed by atoms with Gasteiger partial charge in [0.15, 0.2) is 0 Å². The third-order valence-electron chi connectivity index (χ3n) is 4.11. The number of rotatable bonds is 5. The SMILES string of the molecule is CCOC(=O)C1=C(N)NC(=O)C(C(=O)OCC)C1c1ccccc1C(F)(F)F. The van der Waals surface area contributed by atoms with Gasteiger partial charge in [0, 0.05) is 5.92 Å². The molecule has 1 aliphatic rings. The second-order valence-electron chi connectivity index (χ2n) is 5.83. The van der Waals surface area contributed by atoms with Crippen LogP contribution in [0.1, 0.15) is 30.9 Å². The highest BCUT2D eigenvalue weighted by molar-refractivity contribution is 6.05. The summed E-state index contributed by atoms with van der Waals surface area (Å²) in [5, 5.41) is 2.15. The van der Waals surface area contributed by atoms with Crippen LogP contribution in [0.15, 0.2) is 35.7 Å². The molecule has 0 saturated heterocycles. The van der Waals surface area contributed by atoms with E-state index in [0.29, 0.717) is 0 Å². The quantitative estimate of drug-likeness (QED) is 0.577. The minimum Gasteiger partial charge on any atom is -0.465 e. The lowest BCUT2D eigenvalue weighted by Gasteiger charge is -2.33. The van der Waals surface area contributed by atoms with Crippen LogP contribution in [-0.4, -0.2) is 31.1 Å². The number of hydrogen-bond acceptors (Lipinski definition) is 6. The molecule has 7 nitrogen and oxygen atoms in total. The molecule has 10 heteroatoms. The van der Waals surface area contributed by atoms with Gasteiger partial charge < -0.3 is 20.5 Å². The summed E-state index contributed by atoms with van der Waals surface area (Å²) in [6, 6.07) is 4.35. The molecule has 0 aromatic heterocycles. The Bertz CT molecular complexity index is 820. The molecule has 0 spiro atoms. The highest BCUT2D eigenvalue weighted by atomic mass is 19.4. The molecule has 2 atom stereocenters. The molecule has 3 N–H and O–H groups in total. The van der Waals surface area contributed by atoms with Crippen LogP contribution >= 0.6 is 0 Å². The van der Waals surface area contributed by atoms with Crippen LogP contribution in [-0.2, 0) is 30.0 Å². The first kappa shape index (κ1) is 21.3. The fourth-order valence-electron chi connectivity index (χ4n) is 3.05. The van der Waals surface area contributed by atoms with E-state index in [4.69, 9.17) is 15.2 Å². The van der Waals surface area contributed by atoms with Crippen LogP contribution in [0, 0.1) is 5.92 Å². The van der Waals surface area contributed by atoms with Crippen molar-refractivity contribution in [1.82, 2.24) is 5.32 Å². The van der Waals surface area contributed by atoms with Crippen molar-refractivity contribution >= 4 is 17.8 Å². The summed E-state index contributed by atoms with van der Waals surface area (Å²) in [4.78, 5) is 37.3. The number of halogens is 3. The predicted octanol–water partition coefficient (Wildman–Crippen LogP) is 1.83. The first-order valence-electron chi connectivity index (χ1n) is 8.43. The van der Waals surface area contributed by atoms with Gasteiger partial charge >= 0.3 is 18.1 Å². The zero-order valence-electron chi connectivity index (χ0n) is 15.1. The van der Waals surface area contributed by atoms with E-state index in [2.05, 4.69) is 5.32 Å². The largest absolute Gasteiger partial charge is 0.465 e. The first-order chi connectivity index (χ1) is 13.1. The smallest absolute Gasteiger partial charge is 0.416 e. The Labute approximate surface area is 158 Å². The third-order valence-corrected chi connectivity index (χ3v) is 4.11. The number of carbonyl (C=O) groups excluding carboxylic acids is 3. The lowest BCUT2D eigenvalue weighted by Crippen LogP contribution is -2.48. The number of amides is 1. The Morgan fingerprint density at radius 3 is 2.32 bits per heavy atom. The van der Waals surface area contributed by atoms with E-state index in [9.17, 15) is 27.6 Å². The van der Waals surface area contributed by atoms with Crippen molar-refractivity contribution in [2.75, 3.05) is 13.2 Å². The normalized spacial score (nSPS) is 19.8. The molecule has 2 rings (SSSR count). The fraction of sp³-hybridized carbons (Fsp3) is 0.389. The Kier molecular flexibility index (Phi) is 6.32. The Hall–Kier alpha value is -3.04. The first-order valence-corrected chi connectivity index (χ1v) is 8.43. The summed E-state index contributed by atoms with van der Waals surface area (Å²) in [6.07, 6.45) is -4.79. The van der Waals surface area contributed by atoms with Gasteiger partial charge in [0.05, 0.1) is 24.4 Å². The molecule has 2 unspecified atom stereocenters. The maximum absolute atomic E-state index is 13.6. The molecule has 0 radical (unpaired) electrons. The molecule has 1 heterocycles. The van der Waals surface area contributed by atoms with E-state index in [1.165, 1.54) is 19.9 Å². The molecule has 1 aromatic rings. The molecule has 0 bridgehead atoms. The van der Waals surface area contributed by atoms with Crippen molar-refractivity contribution in [3.05, 3.63) is 46.8 Å². The van der Waals surface area contributed by atoms with E-state index >= 15 is 0 Å². The van der Waals surface area contributed by atoms with Crippen LogP contribution in [0.4, 0.5) is 13.2 Å². The van der Waals surface area contributed by atoms with Crippen molar-refractivity contribution in [3.8, 4) is 0 Å². The monoisotopic (exact) mass is 400 g/mol. The van der Waals surface area contributed by atoms with Gasteiger partial charge in [-0.3, -0.25) is 9.59 Å². The van der Waals surface area contributed by atoms with Gasteiger partial charge in [-0.2, -0.15) is 13.2 Å². The second-order valence-corrected chi connectivity index (χ2v) is 5.83. The van der Waals surface area contributed by atoms with Gasteiger partial charge in [-0.15, -0.1) is 0 Å². The Morgan fingerprint density at radius 2 is 1.75 bits per heavy atom. The number of esters is 2. The molecule has 1 aromatic carbocycles. The van der Waals surface area contributed by atoms with Crippen LogP contribution in [0.3, 0.4) is 0 Å². The Morgan fingerprint density at radius 1 is 1.14 bits per heavy atom. The lowest BCUT2D eigenvalue weighted by atomic mass is 9.76. The van der Waals surface area contributed by atoms with Crippen molar-refractivity contribution in [2.45, 2.75) is 25.9 Å². The number of hydrogen-bond donors (Lipinski definition) is 2. The molecule has 1 aliphatic heterocycles. The minimum absolute atomic E-state index is 0.0821. The topological polar surface area (TPSA) is 108 Å². The summed E-state index contributed by atoms with van der Waals surface area (Å²) in [6.45, 7) is 2.79. The van der Waals surface area contributed by atoms with E-state index in [-0.39, 0.29) is 13.2 Å². The summed E-state index contributed by atoms with van der Waals surface area (Å²) < 4.78 is 50.5. The average molecular weight is 400 g/mol. The maximum atomic E-state index is 13.6. The van der Waals surface area contributed by atoms with Crippen molar-refractivity contribution < 1.29 is 37.0 Å². The Balaban J connectivity index is 2.76. The minimum atomic E-state index is -4.79. The molecule has 0 fully saturated rings. The highest BCUT2D eigenvalue weighted by Gasteiger charge is 2.49. The second kappa shape index (κ2) is 8.32. The van der Waals surface area contributed by atoms with Crippen LogP contribution in [0.5, 0.6) is 0 Å². The molecule has 1 amide bonds. The molecule has 0 aliphatic carbocycles. The number of ether oxygens (including phenoxy) is 2. The molecule has 0 saturated carbocycles. The van der Waals surface area contributed by atoms with Crippen LogP contribution in [0.2, 0.25) is 0 Å². The van der Waals surface area contributed by atoms with E-state index < -0.39 is 58.4 Å². The molecular weight excluding hydrogens is 381 g/mol. The molecule has 152 valence electrons. The van der Waals surface area contributed by atoms with E-state index in [0.717, 1.165) is 18.2 Å². The maximum Gasteiger partial charge on any atom is 0.416 e. The number of carbonyl (C=O) groups is 3. The number of benzene rings is 1. The summed E-state index contributed by atoms with van der Waals surface area (Å²) in [7, 11) is 0. The third kappa shape index (κ3) is 4.10. The van der Waals surface area contributed by atoms with Gasteiger partial charge in [-0.05, 0) is 25.5 Å². The fourth-order valence-corrected chi connectivity index (χ4v) is 3.05. The predicted molar refractivity (Wildman–Crippen MR) is 90.3 cm³/mol. The standard InChI is InChI=1S/C18H19F3N2O5/c1-3-27-16(25)12-11(9-7-5-6-8-10(9)18(19,20)21)13(17(26)28-4-2)15(24)23-14(12)22/h5-8,11,13H,3-4,22H2,1-2H3,(H,23,24). The van der Waals surface area contributed by atoms with Crippen molar-refractivity contribution in [1.29, 1.82) is 0 Å². The summed E-state index contributed by atoms with van der Waals surface area (Å²) in [5.74, 6) is -6.90. The van der Waals surface area contributed by atoms with Gasteiger partial charge in [0.2, 0.25) is 5.91 Å². The van der Waals surface area contributed by atoms with Crippen molar-refractivity contribution in [3.63, 3.8) is 0 Å². The van der Waals surface area contributed by atoms with Crippen molar-refractivity contribution in [2.24, 2.45) is 11.7 Å².